The Labute approximate surface area is 170 Å². The van der Waals surface area contributed by atoms with E-state index >= 15 is 0 Å². The quantitative estimate of drug-likeness (QED) is 0.416. The van der Waals surface area contributed by atoms with Crippen molar-refractivity contribution in [1.82, 2.24) is 0 Å². The molecule has 0 saturated heterocycles. The van der Waals surface area contributed by atoms with Gasteiger partial charge in [0.25, 0.3) is 11.6 Å². The number of rotatable bonds is 7. The third-order valence-electron chi connectivity index (χ3n) is 4.41. The van der Waals surface area contributed by atoms with Crippen LogP contribution in [-0.4, -0.2) is 23.4 Å². The van der Waals surface area contributed by atoms with Gasteiger partial charge >= 0.3 is 5.97 Å². The summed E-state index contributed by atoms with van der Waals surface area (Å²) in [7, 11) is 0. The second-order valence-corrected chi connectivity index (χ2v) is 7.70. The molecule has 29 heavy (non-hydrogen) atoms. The zero-order valence-corrected chi connectivity index (χ0v) is 17.2. The molecule has 0 bridgehead atoms. The normalized spacial score (nSPS) is 11.0. The number of aryl methyl sites for hydroxylation is 1. The number of amides is 1. The molecule has 7 nitrogen and oxygen atoms in total. The molecule has 7 heteroatoms. The van der Waals surface area contributed by atoms with Crippen LogP contribution in [-0.2, 0) is 21.4 Å². The first-order valence-electron chi connectivity index (χ1n) is 9.46. The maximum absolute atomic E-state index is 12.7. The fourth-order valence-corrected chi connectivity index (χ4v) is 2.82. The topological polar surface area (TPSA) is 98.5 Å². The second kappa shape index (κ2) is 9.32. The van der Waals surface area contributed by atoms with Crippen molar-refractivity contribution in [2.24, 2.45) is 0 Å². The van der Waals surface area contributed by atoms with Gasteiger partial charge in [-0.15, -0.1) is 0 Å². The lowest BCUT2D eigenvalue weighted by atomic mass is 9.86. The van der Waals surface area contributed by atoms with Gasteiger partial charge < -0.3 is 10.1 Å². The third kappa shape index (κ3) is 6.14. The van der Waals surface area contributed by atoms with Crippen LogP contribution in [0.1, 0.15) is 55.6 Å². The Hall–Kier alpha value is -3.22. The van der Waals surface area contributed by atoms with Crippen molar-refractivity contribution >= 4 is 23.3 Å². The first kappa shape index (κ1) is 22.1. The van der Waals surface area contributed by atoms with E-state index in [0.29, 0.717) is 18.7 Å². The Morgan fingerprint density at radius 2 is 1.86 bits per heavy atom. The molecule has 0 aliphatic rings. The van der Waals surface area contributed by atoms with Gasteiger partial charge in [0.2, 0.25) is 0 Å². The van der Waals surface area contributed by atoms with E-state index in [9.17, 15) is 19.7 Å². The minimum atomic E-state index is -0.556. The highest BCUT2D eigenvalue weighted by Crippen LogP contribution is 2.29. The predicted octanol–water partition coefficient (Wildman–Crippen LogP) is 4.64. The molecule has 2 rings (SSSR count). The first-order valence-corrected chi connectivity index (χ1v) is 9.46. The minimum Gasteiger partial charge on any atom is -0.466 e. The summed E-state index contributed by atoms with van der Waals surface area (Å²) in [6.45, 7) is 7.94. The molecule has 154 valence electrons. The number of nitrogens with zero attached hydrogens (tertiary/aromatic N) is 1. The van der Waals surface area contributed by atoms with E-state index in [-0.39, 0.29) is 29.1 Å². The van der Waals surface area contributed by atoms with Gasteiger partial charge in [-0.2, -0.15) is 0 Å². The van der Waals surface area contributed by atoms with Gasteiger partial charge in [-0.05, 0) is 48.1 Å². The second-order valence-electron chi connectivity index (χ2n) is 7.70. The Morgan fingerprint density at radius 1 is 1.14 bits per heavy atom. The predicted molar refractivity (Wildman–Crippen MR) is 111 cm³/mol. The SMILES string of the molecule is CCOC(=O)CCc1cccc(NC(=O)c2ccc(C(C)(C)C)cc2[N+](=O)[O-])c1. The van der Waals surface area contributed by atoms with Crippen LogP contribution in [0.4, 0.5) is 11.4 Å². The van der Waals surface area contributed by atoms with Crippen molar-refractivity contribution < 1.29 is 19.2 Å². The maximum atomic E-state index is 12.7. The lowest BCUT2D eigenvalue weighted by molar-refractivity contribution is -0.385. The van der Waals surface area contributed by atoms with E-state index in [0.717, 1.165) is 11.1 Å². The smallest absolute Gasteiger partial charge is 0.306 e. The molecule has 0 spiro atoms. The van der Waals surface area contributed by atoms with E-state index in [1.165, 1.54) is 12.1 Å². The summed E-state index contributed by atoms with van der Waals surface area (Å²) in [6.07, 6.45) is 0.716. The van der Waals surface area contributed by atoms with Crippen LogP contribution in [0.5, 0.6) is 0 Å². The van der Waals surface area contributed by atoms with Crippen LogP contribution in [0.2, 0.25) is 0 Å². The minimum absolute atomic E-state index is 0.0000679. The molecule has 2 aromatic rings. The molecule has 0 aliphatic heterocycles. The summed E-state index contributed by atoms with van der Waals surface area (Å²) < 4.78 is 4.91. The van der Waals surface area contributed by atoms with Crippen molar-refractivity contribution in [2.45, 2.75) is 46.0 Å². The number of ether oxygens (including phenoxy) is 1. The highest BCUT2D eigenvalue weighted by molar-refractivity contribution is 6.07. The van der Waals surface area contributed by atoms with Gasteiger partial charge in [-0.3, -0.25) is 19.7 Å². The molecule has 0 heterocycles. The Morgan fingerprint density at radius 3 is 2.48 bits per heavy atom. The van der Waals surface area contributed by atoms with E-state index in [1.54, 1.807) is 31.2 Å². The number of benzene rings is 2. The summed E-state index contributed by atoms with van der Waals surface area (Å²) in [5.41, 5.74) is 1.64. The van der Waals surface area contributed by atoms with Crippen molar-refractivity contribution in [3.05, 3.63) is 69.3 Å². The number of nitro groups is 1. The fourth-order valence-electron chi connectivity index (χ4n) is 2.82. The van der Waals surface area contributed by atoms with Crippen molar-refractivity contribution in [3.8, 4) is 0 Å². The molecule has 0 fully saturated rings. The first-order chi connectivity index (χ1) is 13.6. The summed E-state index contributed by atoms with van der Waals surface area (Å²) in [4.78, 5) is 35.1. The molecule has 1 amide bonds. The number of nitro benzene ring substituents is 1. The van der Waals surface area contributed by atoms with E-state index in [2.05, 4.69) is 5.32 Å². The average molecular weight is 398 g/mol. The van der Waals surface area contributed by atoms with Gasteiger partial charge in [0, 0.05) is 18.2 Å². The summed E-state index contributed by atoms with van der Waals surface area (Å²) in [6, 6.07) is 11.7. The number of nitrogens with one attached hydrogen (secondary N) is 1. The Bertz CT molecular complexity index is 916. The van der Waals surface area contributed by atoms with Gasteiger partial charge in [0.1, 0.15) is 5.56 Å². The van der Waals surface area contributed by atoms with E-state index < -0.39 is 10.8 Å². The number of carbonyl (C=O) groups excluding carboxylic acids is 2. The maximum Gasteiger partial charge on any atom is 0.306 e. The van der Waals surface area contributed by atoms with Crippen LogP contribution < -0.4 is 5.32 Å². The van der Waals surface area contributed by atoms with Crippen LogP contribution in [0.3, 0.4) is 0 Å². The zero-order valence-electron chi connectivity index (χ0n) is 17.2. The molecule has 0 aromatic heterocycles. The highest BCUT2D eigenvalue weighted by Gasteiger charge is 2.24. The van der Waals surface area contributed by atoms with E-state index in [4.69, 9.17) is 4.74 Å². The number of esters is 1. The van der Waals surface area contributed by atoms with Crippen molar-refractivity contribution in [3.63, 3.8) is 0 Å². The standard InChI is InChI=1S/C22H26N2O5/c1-5-29-20(25)12-9-15-7-6-8-17(13-15)23-21(26)18-11-10-16(22(2,3)4)14-19(18)24(27)28/h6-8,10-11,13-14H,5,9,12H2,1-4H3,(H,23,26). The Balaban J connectivity index is 2.19. The third-order valence-corrected chi connectivity index (χ3v) is 4.41. The molecule has 0 atom stereocenters. The molecule has 0 aliphatic carbocycles. The summed E-state index contributed by atoms with van der Waals surface area (Å²) in [5, 5.41) is 14.2. The lowest BCUT2D eigenvalue weighted by Gasteiger charge is -2.19. The van der Waals surface area contributed by atoms with Gasteiger partial charge in [-0.1, -0.05) is 39.0 Å². The van der Waals surface area contributed by atoms with Gasteiger partial charge in [0.05, 0.1) is 11.5 Å². The van der Waals surface area contributed by atoms with Crippen LogP contribution in [0.15, 0.2) is 42.5 Å². The van der Waals surface area contributed by atoms with Crippen molar-refractivity contribution in [2.75, 3.05) is 11.9 Å². The molecule has 0 unspecified atom stereocenters. The lowest BCUT2D eigenvalue weighted by Crippen LogP contribution is -2.16. The van der Waals surface area contributed by atoms with Crippen LogP contribution in [0, 0.1) is 10.1 Å². The molecular formula is C22H26N2O5. The highest BCUT2D eigenvalue weighted by atomic mass is 16.6. The number of carbonyl (C=O) groups is 2. The van der Waals surface area contributed by atoms with Gasteiger partial charge in [-0.25, -0.2) is 0 Å². The monoisotopic (exact) mass is 398 g/mol. The molecule has 2 aromatic carbocycles. The van der Waals surface area contributed by atoms with E-state index in [1.807, 2.05) is 26.8 Å². The summed E-state index contributed by atoms with van der Waals surface area (Å²) >= 11 is 0. The molecule has 0 saturated carbocycles. The zero-order chi connectivity index (χ0) is 21.6. The number of anilines is 1. The number of hydrogen-bond acceptors (Lipinski definition) is 5. The fraction of sp³-hybridized carbons (Fsp3) is 0.364. The molecule has 1 N–H and O–H groups in total. The van der Waals surface area contributed by atoms with Crippen LogP contribution in [0.25, 0.3) is 0 Å². The molecular weight excluding hydrogens is 372 g/mol. The molecule has 0 radical (unpaired) electrons. The number of hydrogen-bond donors (Lipinski definition) is 1. The largest absolute Gasteiger partial charge is 0.466 e. The Kier molecular flexibility index (Phi) is 7.09. The van der Waals surface area contributed by atoms with Gasteiger partial charge in [0.15, 0.2) is 0 Å². The van der Waals surface area contributed by atoms with Crippen LogP contribution >= 0.6 is 0 Å². The average Bonchev–Trinajstić information content (AvgIpc) is 2.65. The van der Waals surface area contributed by atoms with Crippen molar-refractivity contribution in [1.29, 1.82) is 0 Å². The summed E-state index contributed by atoms with van der Waals surface area (Å²) in [5.74, 6) is -0.837.